The van der Waals surface area contributed by atoms with Gasteiger partial charge in [0.05, 0.1) is 16.4 Å². The zero-order valence-electron chi connectivity index (χ0n) is 18.1. The second-order valence-electron chi connectivity index (χ2n) is 8.20. The van der Waals surface area contributed by atoms with Crippen LogP contribution in [-0.2, 0) is 4.79 Å². The zero-order chi connectivity index (χ0) is 19.6. The van der Waals surface area contributed by atoms with Gasteiger partial charge in [0.15, 0.2) is 0 Å². The summed E-state index contributed by atoms with van der Waals surface area (Å²) in [5.74, 6) is 1.63. The minimum atomic E-state index is -0.417. The Morgan fingerprint density at radius 3 is 2.48 bits per heavy atom. The zero-order valence-corrected chi connectivity index (χ0v) is 19.7. The maximum atomic E-state index is 13.3. The normalized spacial score (nSPS) is 17.2. The average Bonchev–Trinajstić information content (AvgIpc) is 3.09. The summed E-state index contributed by atoms with van der Waals surface area (Å²) in [4.78, 5) is 20.3. The SMILES string of the molecule is CCC(CC)(CN)C(=O)N1CCCC(c2nc3ccccc3n2C(C)C)C1.Cl.Cl. The molecule has 164 valence electrons. The van der Waals surface area contributed by atoms with E-state index in [0.29, 0.717) is 12.6 Å². The summed E-state index contributed by atoms with van der Waals surface area (Å²) in [6, 6.07) is 8.68. The summed E-state index contributed by atoms with van der Waals surface area (Å²) < 4.78 is 2.35. The maximum absolute atomic E-state index is 13.3. The first-order chi connectivity index (χ1) is 13.0. The van der Waals surface area contributed by atoms with E-state index in [0.717, 1.165) is 50.1 Å². The molecule has 1 aliphatic rings. The van der Waals surface area contributed by atoms with Crippen molar-refractivity contribution in [2.24, 2.45) is 11.1 Å². The van der Waals surface area contributed by atoms with Crippen molar-refractivity contribution in [3.63, 3.8) is 0 Å². The minimum Gasteiger partial charge on any atom is -0.341 e. The molecule has 1 aromatic heterocycles. The molecule has 0 radical (unpaired) electrons. The molecule has 0 bridgehead atoms. The highest BCUT2D eigenvalue weighted by molar-refractivity contribution is 5.85. The van der Waals surface area contributed by atoms with Crippen LogP contribution >= 0.6 is 24.8 Å². The standard InChI is InChI=1S/C22H34N4O.2ClH/c1-5-22(6-2,15-23)21(27)25-13-9-10-17(14-25)20-24-18-11-7-8-12-19(18)26(20)16(3)4;;/h7-8,11-12,16-17H,5-6,9-10,13-15,23H2,1-4H3;2*1H. The van der Waals surface area contributed by atoms with Crippen LogP contribution in [0.25, 0.3) is 11.0 Å². The summed E-state index contributed by atoms with van der Waals surface area (Å²) in [5, 5.41) is 0. The highest BCUT2D eigenvalue weighted by atomic mass is 35.5. The van der Waals surface area contributed by atoms with E-state index in [2.05, 4.69) is 55.4 Å². The lowest BCUT2D eigenvalue weighted by molar-refractivity contribution is -0.143. The van der Waals surface area contributed by atoms with Crippen LogP contribution in [-0.4, -0.2) is 40.0 Å². The van der Waals surface area contributed by atoms with Gasteiger partial charge in [-0.15, -0.1) is 24.8 Å². The van der Waals surface area contributed by atoms with Crippen molar-refractivity contribution < 1.29 is 4.79 Å². The topological polar surface area (TPSA) is 64.2 Å². The number of para-hydroxylation sites is 2. The number of benzene rings is 1. The van der Waals surface area contributed by atoms with E-state index in [-0.39, 0.29) is 36.6 Å². The van der Waals surface area contributed by atoms with Gasteiger partial charge in [-0.3, -0.25) is 4.79 Å². The summed E-state index contributed by atoms with van der Waals surface area (Å²) in [7, 11) is 0. The van der Waals surface area contributed by atoms with Crippen molar-refractivity contribution in [2.45, 2.75) is 65.3 Å². The Kier molecular flexibility index (Phi) is 9.45. The molecule has 7 heteroatoms. The maximum Gasteiger partial charge on any atom is 0.230 e. The molecule has 1 atom stereocenters. The Hall–Kier alpha value is -1.30. The second-order valence-corrected chi connectivity index (χ2v) is 8.20. The largest absolute Gasteiger partial charge is 0.341 e. The Morgan fingerprint density at radius 1 is 1.24 bits per heavy atom. The number of carbonyl (C=O) groups is 1. The Morgan fingerprint density at radius 2 is 1.90 bits per heavy atom. The minimum absolute atomic E-state index is 0. The number of aromatic nitrogens is 2. The molecule has 0 spiro atoms. The van der Waals surface area contributed by atoms with Crippen LogP contribution in [0.4, 0.5) is 0 Å². The number of nitrogens with zero attached hydrogens (tertiary/aromatic N) is 3. The summed E-state index contributed by atoms with van der Waals surface area (Å²) in [6.45, 7) is 10.6. The molecule has 1 fully saturated rings. The lowest BCUT2D eigenvalue weighted by Crippen LogP contribution is -2.50. The fourth-order valence-electron chi connectivity index (χ4n) is 4.53. The number of halogens is 2. The summed E-state index contributed by atoms with van der Waals surface area (Å²) in [5.41, 5.74) is 7.85. The van der Waals surface area contributed by atoms with Crippen molar-refractivity contribution in [2.75, 3.05) is 19.6 Å². The number of nitrogens with two attached hydrogens (primary N) is 1. The van der Waals surface area contributed by atoms with Crippen molar-refractivity contribution >= 4 is 41.8 Å². The highest BCUT2D eigenvalue weighted by Crippen LogP contribution is 2.34. The number of imidazole rings is 1. The number of likely N-dealkylation sites (tertiary alicyclic amines) is 1. The van der Waals surface area contributed by atoms with E-state index >= 15 is 0 Å². The van der Waals surface area contributed by atoms with Gasteiger partial charge >= 0.3 is 0 Å². The van der Waals surface area contributed by atoms with E-state index in [9.17, 15) is 4.79 Å². The van der Waals surface area contributed by atoms with Gasteiger partial charge in [-0.2, -0.15) is 0 Å². The van der Waals surface area contributed by atoms with Gasteiger partial charge in [0.2, 0.25) is 5.91 Å². The van der Waals surface area contributed by atoms with Gasteiger partial charge in [-0.25, -0.2) is 4.98 Å². The number of piperidine rings is 1. The first kappa shape index (κ1) is 25.7. The van der Waals surface area contributed by atoms with Gasteiger partial charge in [0.25, 0.3) is 0 Å². The number of rotatable bonds is 6. The molecule has 2 heterocycles. The van der Waals surface area contributed by atoms with Crippen molar-refractivity contribution in [3.8, 4) is 0 Å². The summed E-state index contributed by atoms with van der Waals surface area (Å²) >= 11 is 0. The van der Waals surface area contributed by atoms with Crippen molar-refractivity contribution in [1.82, 2.24) is 14.5 Å². The van der Waals surface area contributed by atoms with Crippen LogP contribution in [0.5, 0.6) is 0 Å². The van der Waals surface area contributed by atoms with E-state index in [1.54, 1.807) is 0 Å². The van der Waals surface area contributed by atoms with E-state index in [1.165, 1.54) is 5.52 Å². The smallest absolute Gasteiger partial charge is 0.230 e. The number of amides is 1. The van der Waals surface area contributed by atoms with E-state index in [1.807, 2.05) is 6.07 Å². The van der Waals surface area contributed by atoms with Crippen LogP contribution in [0.1, 0.15) is 71.2 Å². The first-order valence-electron chi connectivity index (χ1n) is 10.4. The molecular weight excluding hydrogens is 407 g/mol. The third-order valence-electron chi connectivity index (χ3n) is 6.41. The van der Waals surface area contributed by atoms with Gasteiger partial charge < -0.3 is 15.2 Å². The Labute approximate surface area is 187 Å². The fourth-order valence-corrected chi connectivity index (χ4v) is 4.53. The predicted octanol–water partition coefficient (Wildman–Crippen LogP) is 4.93. The lowest BCUT2D eigenvalue weighted by atomic mass is 9.80. The summed E-state index contributed by atoms with van der Waals surface area (Å²) in [6.07, 6.45) is 3.69. The molecule has 1 unspecified atom stereocenters. The number of fused-ring (bicyclic) bond motifs is 1. The molecule has 3 rings (SSSR count). The van der Waals surface area contributed by atoms with Gasteiger partial charge in [0, 0.05) is 31.6 Å². The molecule has 1 aromatic carbocycles. The van der Waals surface area contributed by atoms with Crippen LogP contribution in [0, 0.1) is 5.41 Å². The van der Waals surface area contributed by atoms with Crippen LogP contribution in [0.2, 0.25) is 0 Å². The van der Waals surface area contributed by atoms with Crippen LogP contribution in [0.15, 0.2) is 24.3 Å². The molecule has 5 nitrogen and oxygen atoms in total. The van der Waals surface area contributed by atoms with Gasteiger partial charge in [-0.05, 0) is 51.7 Å². The van der Waals surface area contributed by atoms with Gasteiger partial charge in [-0.1, -0.05) is 26.0 Å². The fraction of sp³-hybridized carbons (Fsp3) is 0.636. The Bertz CT molecular complexity index is 793. The number of hydrogen-bond donors (Lipinski definition) is 1. The number of hydrogen-bond acceptors (Lipinski definition) is 3. The Balaban J connectivity index is 0.00000210. The molecular formula is C22H36Cl2N4O. The molecule has 1 saturated heterocycles. The van der Waals surface area contributed by atoms with Crippen LogP contribution in [0.3, 0.4) is 0 Å². The quantitative estimate of drug-likeness (QED) is 0.689. The van der Waals surface area contributed by atoms with E-state index < -0.39 is 5.41 Å². The molecule has 1 aliphatic heterocycles. The predicted molar refractivity (Wildman–Crippen MR) is 125 cm³/mol. The molecule has 0 saturated carbocycles. The highest BCUT2D eigenvalue weighted by Gasteiger charge is 2.39. The molecule has 2 aromatic rings. The van der Waals surface area contributed by atoms with E-state index in [4.69, 9.17) is 10.7 Å². The molecule has 2 N–H and O–H groups in total. The first-order valence-corrected chi connectivity index (χ1v) is 10.4. The van der Waals surface area contributed by atoms with Crippen LogP contribution < -0.4 is 5.73 Å². The monoisotopic (exact) mass is 442 g/mol. The molecule has 29 heavy (non-hydrogen) atoms. The third-order valence-corrected chi connectivity index (χ3v) is 6.41. The second kappa shape index (κ2) is 10.6. The van der Waals surface area contributed by atoms with Crippen molar-refractivity contribution in [3.05, 3.63) is 30.1 Å². The lowest BCUT2D eigenvalue weighted by Gasteiger charge is -2.39. The molecule has 0 aliphatic carbocycles. The number of carbonyl (C=O) groups excluding carboxylic acids is 1. The third kappa shape index (κ3) is 4.73. The van der Waals surface area contributed by atoms with Gasteiger partial charge in [0.1, 0.15) is 5.82 Å². The molecule has 1 amide bonds. The van der Waals surface area contributed by atoms with Crippen molar-refractivity contribution in [1.29, 1.82) is 0 Å². The average molecular weight is 443 g/mol.